The third-order valence-corrected chi connectivity index (χ3v) is 4.27. The minimum absolute atomic E-state index is 0.0222. The maximum Gasteiger partial charge on any atom is 0.238 e. The van der Waals surface area contributed by atoms with Gasteiger partial charge in [0.1, 0.15) is 0 Å². The first kappa shape index (κ1) is 15.7. The van der Waals surface area contributed by atoms with E-state index in [0.29, 0.717) is 11.1 Å². The summed E-state index contributed by atoms with van der Waals surface area (Å²) in [7, 11) is 0. The molecule has 0 amide bonds. The van der Waals surface area contributed by atoms with Crippen molar-refractivity contribution >= 4 is 52.3 Å². The van der Waals surface area contributed by atoms with Gasteiger partial charge >= 0.3 is 0 Å². The Morgan fingerprint density at radius 2 is 1.80 bits per heavy atom. The fourth-order valence-electron chi connectivity index (χ4n) is 1.73. The van der Waals surface area contributed by atoms with E-state index in [0.717, 1.165) is 0 Å². The van der Waals surface area contributed by atoms with Gasteiger partial charge in [-0.2, -0.15) is 0 Å². The smallest absolute Gasteiger partial charge is 0.238 e. The minimum atomic E-state index is -1.38. The van der Waals surface area contributed by atoms with Crippen molar-refractivity contribution in [2.24, 2.45) is 0 Å². The molecule has 0 heterocycles. The number of carbonyl (C=O) groups is 1. The molecule has 1 unspecified atom stereocenters. The van der Waals surface area contributed by atoms with E-state index in [1.807, 2.05) is 36.4 Å². The molecular formula is C15H11Cl3OS. The zero-order valence-electron chi connectivity index (χ0n) is 10.3. The number of hydrogen-bond donors (Lipinski definition) is 0. The van der Waals surface area contributed by atoms with Crippen molar-refractivity contribution in [1.29, 1.82) is 0 Å². The monoisotopic (exact) mass is 344 g/mol. The van der Waals surface area contributed by atoms with Crippen molar-refractivity contribution in [2.45, 2.75) is 8.37 Å². The molecule has 1 aliphatic carbocycles. The minimum Gasteiger partial charge on any atom is -0.289 e. The number of alkyl halides is 3. The van der Waals surface area contributed by atoms with Crippen LogP contribution in [0.15, 0.2) is 66.3 Å². The topological polar surface area (TPSA) is 17.1 Å². The second-order valence-electron chi connectivity index (χ2n) is 4.09. The van der Waals surface area contributed by atoms with Crippen LogP contribution in [0.1, 0.15) is 10.4 Å². The van der Waals surface area contributed by atoms with Crippen LogP contribution in [0.5, 0.6) is 0 Å². The van der Waals surface area contributed by atoms with Gasteiger partial charge in [0.15, 0.2) is 5.78 Å². The van der Waals surface area contributed by atoms with Crippen molar-refractivity contribution < 1.29 is 4.79 Å². The van der Waals surface area contributed by atoms with Crippen LogP contribution in [0.4, 0.5) is 0 Å². The van der Waals surface area contributed by atoms with Crippen molar-refractivity contribution in [3.63, 3.8) is 0 Å². The van der Waals surface area contributed by atoms with Crippen LogP contribution in [0.2, 0.25) is 0 Å². The average Bonchev–Trinajstić information content (AvgIpc) is 2.63. The quantitative estimate of drug-likeness (QED) is 0.542. The largest absolute Gasteiger partial charge is 0.289 e. The highest BCUT2D eigenvalue weighted by Gasteiger charge is 2.24. The lowest BCUT2D eigenvalue weighted by molar-refractivity contribution is 0.103. The number of ketones is 1. The fraction of sp³-hybridized carbons (Fsp3) is 0.133. The van der Waals surface area contributed by atoms with Crippen molar-refractivity contribution in [1.82, 2.24) is 0 Å². The summed E-state index contributed by atoms with van der Waals surface area (Å²) in [6.45, 7) is 0. The third-order valence-electron chi connectivity index (χ3n) is 2.61. The number of allylic oxidation sites excluding steroid dienone is 4. The highest BCUT2D eigenvalue weighted by atomic mass is 35.6. The van der Waals surface area contributed by atoms with E-state index in [1.54, 1.807) is 24.3 Å². The fourth-order valence-corrected chi connectivity index (χ4v) is 3.29. The molecule has 1 aromatic rings. The Bertz CT molecular complexity index is 571. The molecule has 104 valence electrons. The molecule has 1 aliphatic rings. The van der Waals surface area contributed by atoms with Gasteiger partial charge in [-0.25, -0.2) is 0 Å². The van der Waals surface area contributed by atoms with Gasteiger partial charge < -0.3 is 0 Å². The number of benzene rings is 1. The summed E-state index contributed by atoms with van der Waals surface area (Å²) in [5.74, 6) is -0.0222. The number of thioether (sulfide) groups is 1. The molecular weight excluding hydrogens is 335 g/mol. The van der Waals surface area contributed by atoms with Gasteiger partial charge in [0, 0.05) is 16.4 Å². The average molecular weight is 346 g/mol. The summed E-state index contributed by atoms with van der Waals surface area (Å²) in [4.78, 5) is 12.3. The molecule has 0 N–H and O–H groups in total. The summed E-state index contributed by atoms with van der Waals surface area (Å²) in [5.41, 5.74) is 1.27. The molecule has 2 rings (SSSR count). The Labute approximate surface area is 137 Å². The first-order valence-electron chi connectivity index (χ1n) is 5.87. The highest BCUT2D eigenvalue weighted by molar-refractivity contribution is 8.05. The lowest BCUT2D eigenvalue weighted by Crippen LogP contribution is -2.04. The predicted molar refractivity (Wildman–Crippen MR) is 88.8 cm³/mol. The van der Waals surface area contributed by atoms with Crippen LogP contribution in [0, 0.1) is 0 Å². The third kappa shape index (κ3) is 4.71. The van der Waals surface area contributed by atoms with Crippen LogP contribution < -0.4 is 0 Å². The van der Waals surface area contributed by atoms with Gasteiger partial charge in [0.2, 0.25) is 3.12 Å². The lowest BCUT2D eigenvalue weighted by atomic mass is 10.0. The first-order chi connectivity index (χ1) is 9.46. The molecule has 0 aromatic heterocycles. The predicted octanol–water partition coefficient (Wildman–Crippen LogP) is 5.35. The summed E-state index contributed by atoms with van der Waals surface area (Å²) in [5, 5.41) is -0.0835. The molecule has 0 fully saturated rings. The SMILES string of the molecule is O=C(C1=CC=CC(SC(Cl)(Cl)Cl)C=C1)c1ccccc1. The second-order valence-corrected chi connectivity index (χ2v) is 8.44. The zero-order valence-corrected chi connectivity index (χ0v) is 13.4. The number of hydrogen-bond acceptors (Lipinski definition) is 2. The number of rotatable bonds is 3. The molecule has 1 nitrogen and oxygen atoms in total. The number of carbonyl (C=O) groups excluding carboxylic acids is 1. The normalized spacial score (nSPS) is 18.6. The van der Waals surface area contributed by atoms with Gasteiger partial charge in [-0.05, 0) is 0 Å². The van der Waals surface area contributed by atoms with E-state index in [-0.39, 0.29) is 11.0 Å². The van der Waals surface area contributed by atoms with Crippen molar-refractivity contribution in [3.8, 4) is 0 Å². The maximum absolute atomic E-state index is 12.3. The van der Waals surface area contributed by atoms with E-state index < -0.39 is 3.12 Å². The maximum atomic E-state index is 12.3. The van der Waals surface area contributed by atoms with Crippen LogP contribution in [0.25, 0.3) is 0 Å². The molecule has 0 aliphatic heterocycles. The Morgan fingerprint density at radius 3 is 2.45 bits per heavy atom. The van der Waals surface area contributed by atoms with Gasteiger partial charge in [-0.15, -0.1) is 0 Å². The van der Waals surface area contributed by atoms with E-state index >= 15 is 0 Å². The summed E-state index contributed by atoms with van der Waals surface area (Å²) in [6, 6.07) is 9.14. The van der Waals surface area contributed by atoms with E-state index in [1.165, 1.54) is 11.8 Å². The number of Topliss-reactive ketones (excluding diaryl/α,β-unsaturated/α-hetero) is 1. The number of halogens is 3. The van der Waals surface area contributed by atoms with Crippen molar-refractivity contribution in [2.75, 3.05) is 0 Å². The van der Waals surface area contributed by atoms with E-state index in [2.05, 4.69) is 0 Å². The molecule has 20 heavy (non-hydrogen) atoms. The molecule has 5 heteroatoms. The van der Waals surface area contributed by atoms with E-state index in [9.17, 15) is 4.79 Å². The van der Waals surface area contributed by atoms with Crippen molar-refractivity contribution in [3.05, 3.63) is 71.8 Å². The summed E-state index contributed by atoms with van der Waals surface area (Å²) >= 11 is 18.4. The Balaban J connectivity index is 2.13. The Morgan fingerprint density at radius 1 is 1.10 bits per heavy atom. The highest BCUT2D eigenvalue weighted by Crippen LogP contribution is 2.42. The van der Waals surface area contributed by atoms with Gasteiger partial charge in [0.05, 0.1) is 0 Å². The van der Waals surface area contributed by atoms with Gasteiger partial charge in [-0.3, -0.25) is 4.79 Å². The molecule has 1 aromatic carbocycles. The molecule has 0 bridgehead atoms. The standard InChI is InChI=1S/C15H11Cl3OS/c16-15(17,18)20-13-8-4-7-12(9-10-13)14(19)11-5-2-1-3-6-11/h1-10,13H. The molecule has 1 atom stereocenters. The Kier molecular flexibility index (Phi) is 5.39. The summed E-state index contributed by atoms with van der Waals surface area (Å²) < 4.78 is -1.38. The van der Waals surface area contributed by atoms with Crippen LogP contribution in [0.3, 0.4) is 0 Å². The summed E-state index contributed by atoms with van der Waals surface area (Å²) in [6.07, 6.45) is 9.08. The zero-order chi connectivity index (χ0) is 14.6. The lowest BCUT2D eigenvalue weighted by Gasteiger charge is -2.13. The molecule has 0 spiro atoms. The van der Waals surface area contributed by atoms with E-state index in [4.69, 9.17) is 34.8 Å². The Hall–Kier alpha value is -0.670. The first-order valence-corrected chi connectivity index (χ1v) is 7.88. The van der Waals surface area contributed by atoms with Crippen LogP contribution in [-0.4, -0.2) is 14.2 Å². The van der Waals surface area contributed by atoms with Crippen LogP contribution >= 0.6 is 46.6 Å². The van der Waals surface area contributed by atoms with Gasteiger partial charge in [-0.1, -0.05) is 107 Å². The second kappa shape index (κ2) is 6.86. The van der Waals surface area contributed by atoms with Crippen LogP contribution in [-0.2, 0) is 0 Å². The molecule has 0 radical (unpaired) electrons. The molecule has 0 saturated heterocycles. The van der Waals surface area contributed by atoms with Gasteiger partial charge in [0.25, 0.3) is 0 Å². The molecule has 0 saturated carbocycles.